The van der Waals surface area contributed by atoms with Gasteiger partial charge in [0, 0.05) is 24.7 Å². The first kappa shape index (κ1) is 12.8. The molecule has 8 heteroatoms. The van der Waals surface area contributed by atoms with Gasteiger partial charge in [0.15, 0.2) is 5.16 Å². The third-order valence-electron chi connectivity index (χ3n) is 2.10. The highest BCUT2D eigenvalue weighted by atomic mass is 32.2. The summed E-state index contributed by atoms with van der Waals surface area (Å²) in [5, 5.41) is 16.6. The molecule has 2 aromatic heterocycles. The smallest absolute Gasteiger partial charge is 0.256 e. The fourth-order valence-electron chi connectivity index (χ4n) is 1.22. The molecule has 1 atom stereocenters. The van der Waals surface area contributed by atoms with Gasteiger partial charge in [-0.15, -0.1) is 0 Å². The molecule has 0 aliphatic rings. The number of anilines is 1. The van der Waals surface area contributed by atoms with E-state index in [2.05, 4.69) is 25.4 Å². The highest BCUT2D eigenvalue weighted by molar-refractivity contribution is 7.99. The molecule has 96 valence electrons. The molecule has 2 rings (SSSR count). The van der Waals surface area contributed by atoms with Crippen molar-refractivity contribution in [3.63, 3.8) is 0 Å². The van der Waals surface area contributed by atoms with Crippen LogP contribution in [0.4, 0.5) is 5.95 Å². The summed E-state index contributed by atoms with van der Waals surface area (Å²) in [7, 11) is 1.74. The Morgan fingerprint density at radius 2 is 2.28 bits per heavy atom. The zero-order valence-corrected chi connectivity index (χ0v) is 10.9. The molecule has 0 fully saturated rings. The number of aromatic nitrogens is 5. The van der Waals surface area contributed by atoms with Crippen LogP contribution in [0.25, 0.3) is 5.95 Å². The Kier molecular flexibility index (Phi) is 4.11. The van der Waals surface area contributed by atoms with E-state index in [-0.39, 0.29) is 11.9 Å². The molecule has 0 bridgehead atoms. The fourth-order valence-corrected chi connectivity index (χ4v) is 1.93. The summed E-state index contributed by atoms with van der Waals surface area (Å²) in [4.78, 5) is 12.7. The van der Waals surface area contributed by atoms with Crippen molar-refractivity contribution in [3.8, 4) is 5.95 Å². The molecule has 2 aromatic rings. The van der Waals surface area contributed by atoms with Gasteiger partial charge in [0.05, 0.1) is 6.61 Å². The fraction of sp³-hybridized carbons (Fsp3) is 0.400. The number of nitrogens with one attached hydrogen (secondary N) is 1. The van der Waals surface area contributed by atoms with E-state index in [1.165, 1.54) is 11.8 Å². The van der Waals surface area contributed by atoms with Gasteiger partial charge >= 0.3 is 0 Å². The summed E-state index contributed by atoms with van der Waals surface area (Å²) in [6.07, 6.45) is 3.42. The Hall–Kier alpha value is -1.67. The molecule has 0 aromatic carbocycles. The van der Waals surface area contributed by atoms with Crippen LogP contribution in [-0.4, -0.2) is 48.7 Å². The number of nitrogens with zero attached hydrogens (tertiary/aromatic N) is 5. The average Bonchev–Trinajstić information content (AvgIpc) is 2.92. The minimum absolute atomic E-state index is 0.0302. The molecule has 18 heavy (non-hydrogen) atoms. The Labute approximate surface area is 109 Å². The maximum atomic E-state index is 9.05. The van der Waals surface area contributed by atoms with Gasteiger partial charge in [-0.1, -0.05) is 18.7 Å². The van der Waals surface area contributed by atoms with Gasteiger partial charge in [-0.25, -0.2) is 4.68 Å². The van der Waals surface area contributed by atoms with Gasteiger partial charge in [0.25, 0.3) is 5.95 Å². The first-order valence-electron chi connectivity index (χ1n) is 5.44. The molecule has 2 N–H and O–H groups in total. The minimum Gasteiger partial charge on any atom is -0.395 e. The van der Waals surface area contributed by atoms with Crippen LogP contribution in [0.5, 0.6) is 0 Å². The lowest BCUT2D eigenvalue weighted by Crippen LogP contribution is -2.10. The summed E-state index contributed by atoms with van der Waals surface area (Å²) < 4.78 is 1.57. The van der Waals surface area contributed by atoms with E-state index in [0.29, 0.717) is 17.1 Å². The summed E-state index contributed by atoms with van der Waals surface area (Å²) in [5.41, 5.74) is 0. The monoisotopic (exact) mass is 266 g/mol. The summed E-state index contributed by atoms with van der Waals surface area (Å²) in [6, 6.07) is 1.80. The highest BCUT2D eigenvalue weighted by Gasteiger charge is 2.11. The van der Waals surface area contributed by atoms with Crippen LogP contribution in [0, 0.1) is 0 Å². The third kappa shape index (κ3) is 2.96. The second-order valence-corrected chi connectivity index (χ2v) is 4.96. The SMILES string of the molecule is CNc1nc(SC(C)CO)nc(-n2cccn2)n1. The molecule has 0 spiro atoms. The van der Waals surface area contributed by atoms with Crippen LogP contribution in [0.1, 0.15) is 6.92 Å². The van der Waals surface area contributed by atoms with Gasteiger partial charge < -0.3 is 10.4 Å². The van der Waals surface area contributed by atoms with Gasteiger partial charge in [-0.3, -0.25) is 0 Å². The Morgan fingerprint density at radius 1 is 1.44 bits per heavy atom. The van der Waals surface area contributed by atoms with Crippen LogP contribution >= 0.6 is 11.8 Å². The topological polar surface area (TPSA) is 88.8 Å². The molecular formula is C10H14N6OS. The molecule has 7 nitrogen and oxygen atoms in total. The number of hydrogen-bond donors (Lipinski definition) is 2. The Bertz CT molecular complexity index is 503. The lowest BCUT2D eigenvalue weighted by Gasteiger charge is -2.08. The summed E-state index contributed by atoms with van der Waals surface area (Å²) in [6.45, 7) is 1.98. The number of thioether (sulfide) groups is 1. The molecule has 0 aliphatic heterocycles. The second-order valence-electron chi connectivity index (χ2n) is 3.55. The van der Waals surface area contributed by atoms with E-state index in [4.69, 9.17) is 5.11 Å². The molecule has 0 saturated carbocycles. The molecule has 0 aliphatic carbocycles. The van der Waals surface area contributed by atoms with Crippen molar-refractivity contribution in [3.05, 3.63) is 18.5 Å². The van der Waals surface area contributed by atoms with Gasteiger partial charge in [-0.2, -0.15) is 20.1 Å². The van der Waals surface area contributed by atoms with Crippen molar-refractivity contribution in [2.45, 2.75) is 17.3 Å². The lowest BCUT2D eigenvalue weighted by molar-refractivity contribution is 0.300. The molecule has 0 saturated heterocycles. The van der Waals surface area contributed by atoms with Gasteiger partial charge in [0.1, 0.15) is 0 Å². The van der Waals surface area contributed by atoms with Crippen LogP contribution in [0.3, 0.4) is 0 Å². The molecule has 1 unspecified atom stereocenters. The van der Waals surface area contributed by atoms with Crippen LogP contribution in [-0.2, 0) is 0 Å². The third-order valence-corrected chi connectivity index (χ3v) is 3.04. The van der Waals surface area contributed by atoms with Crippen molar-refractivity contribution in [2.75, 3.05) is 19.0 Å². The first-order chi connectivity index (χ1) is 8.72. The maximum Gasteiger partial charge on any atom is 0.256 e. The normalized spacial score (nSPS) is 12.4. The Balaban J connectivity index is 2.33. The van der Waals surface area contributed by atoms with E-state index in [9.17, 15) is 0 Å². The number of hydrogen-bond acceptors (Lipinski definition) is 7. The van der Waals surface area contributed by atoms with E-state index in [0.717, 1.165) is 0 Å². The lowest BCUT2D eigenvalue weighted by atomic mass is 10.5. The number of rotatable bonds is 5. The number of aliphatic hydroxyl groups is 1. The van der Waals surface area contributed by atoms with Crippen molar-refractivity contribution in [1.29, 1.82) is 0 Å². The average molecular weight is 266 g/mol. The molecule has 0 amide bonds. The van der Waals surface area contributed by atoms with Crippen molar-refractivity contribution < 1.29 is 5.11 Å². The van der Waals surface area contributed by atoms with Crippen LogP contribution < -0.4 is 5.32 Å². The predicted octanol–water partition coefficient (Wildman–Crippen LogP) is 0.572. The summed E-state index contributed by atoms with van der Waals surface area (Å²) in [5.74, 6) is 0.926. The van der Waals surface area contributed by atoms with E-state index >= 15 is 0 Å². The van der Waals surface area contributed by atoms with Crippen molar-refractivity contribution >= 4 is 17.7 Å². The zero-order valence-electron chi connectivity index (χ0n) is 10.1. The van der Waals surface area contributed by atoms with Crippen molar-refractivity contribution in [1.82, 2.24) is 24.7 Å². The zero-order chi connectivity index (χ0) is 13.0. The Morgan fingerprint density at radius 3 is 2.89 bits per heavy atom. The van der Waals surface area contributed by atoms with Crippen molar-refractivity contribution in [2.24, 2.45) is 0 Å². The van der Waals surface area contributed by atoms with Crippen LogP contribution in [0.15, 0.2) is 23.6 Å². The summed E-state index contributed by atoms with van der Waals surface area (Å²) >= 11 is 1.39. The second kappa shape index (κ2) is 5.78. The molecular weight excluding hydrogens is 252 g/mol. The van der Waals surface area contributed by atoms with Crippen LogP contribution in [0.2, 0.25) is 0 Å². The van der Waals surface area contributed by atoms with E-state index < -0.39 is 0 Å². The highest BCUT2D eigenvalue weighted by Crippen LogP contribution is 2.20. The van der Waals surface area contributed by atoms with Gasteiger partial charge in [0.2, 0.25) is 5.95 Å². The van der Waals surface area contributed by atoms with E-state index in [1.807, 2.05) is 6.92 Å². The van der Waals surface area contributed by atoms with Gasteiger partial charge in [-0.05, 0) is 6.07 Å². The molecule has 2 heterocycles. The standard InChI is InChI=1S/C10H14N6OS/c1-7(6-17)18-10-14-8(11-2)13-9(15-10)16-5-3-4-12-16/h3-5,7,17H,6H2,1-2H3,(H,11,13,14,15). The predicted molar refractivity (Wildman–Crippen MR) is 68.9 cm³/mol. The largest absolute Gasteiger partial charge is 0.395 e. The molecule has 0 radical (unpaired) electrons. The first-order valence-corrected chi connectivity index (χ1v) is 6.32. The van der Waals surface area contributed by atoms with E-state index in [1.54, 1.807) is 30.2 Å². The minimum atomic E-state index is 0.0302. The maximum absolute atomic E-state index is 9.05. The quantitative estimate of drug-likeness (QED) is 0.765. The number of aliphatic hydroxyl groups excluding tert-OH is 1.